The molecule has 0 aliphatic carbocycles. The number of aromatic nitrogens is 2. The Kier molecular flexibility index (Phi) is 4.64. The van der Waals surface area contributed by atoms with E-state index in [4.69, 9.17) is 22.0 Å². The van der Waals surface area contributed by atoms with Crippen molar-refractivity contribution < 1.29 is 0 Å². The predicted octanol–water partition coefficient (Wildman–Crippen LogP) is 4.74. The Labute approximate surface area is 158 Å². The first-order valence-corrected chi connectivity index (χ1v) is 9.22. The lowest BCUT2D eigenvalue weighted by atomic mass is 10.0. The molecule has 2 aromatic carbocycles. The number of anilines is 1. The molecule has 0 atom stereocenters. The number of rotatable bonds is 3. The van der Waals surface area contributed by atoms with Gasteiger partial charge >= 0.3 is 0 Å². The van der Waals surface area contributed by atoms with Crippen LogP contribution in [-0.2, 0) is 12.8 Å². The minimum atomic E-state index is 0.649. The molecule has 0 radical (unpaired) electrons. The lowest BCUT2D eigenvalue weighted by molar-refractivity contribution is 0.767. The van der Waals surface area contributed by atoms with Crippen LogP contribution in [-0.4, -0.2) is 16.3 Å². The number of halogens is 1. The molecule has 5 heteroatoms. The van der Waals surface area contributed by atoms with Crippen LogP contribution >= 0.6 is 11.6 Å². The van der Waals surface area contributed by atoms with Crippen LogP contribution in [0.5, 0.6) is 0 Å². The molecule has 0 amide bonds. The summed E-state index contributed by atoms with van der Waals surface area (Å²) in [6.07, 6.45) is 4.02. The predicted molar refractivity (Wildman–Crippen MR) is 104 cm³/mol. The second-order valence-corrected chi connectivity index (χ2v) is 6.90. The van der Waals surface area contributed by atoms with Crippen molar-refractivity contribution in [2.24, 2.45) is 0 Å². The SMILES string of the molecule is N#Cc1ccc(-n2nc(Cc3ccccc3Cl)c3c2NCCCC3)cc1. The molecule has 1 aliphatic rings. The number of nitrogens with zero attached hydrogens (tertiary/aromatic N) is 3. The first kappa shape index (κ1) is 16.7. The first-order chi connectivity index (χ1) is 12.8. The van der Waals surface area contributed by atoms with Gasteiger partial charge in [0.25, 0.3) is 0 Å². The average molecular weight is 363 g/mol. The summed E-state index contributed by atoms with van der Waals surface area (Å²) in [6, 6.07) is 17.6. The maximum absolute atomic E-state index is 9.03. The van der Waals surface area contributed by atoms with Gasteiger partial charge in [0.15, 0.2) is 0 Å². The van der Waals surface area contributed by atoms with Crippen molar-refractivity contribution in [3.05, 3.63) is 75.9 Å². The summed E-state index contributed by atoms with van der Waals surface area (Å²) < 4.78 is 1.97. The Morgan fingerprint density at radius 1 is 1.12 bits per heavy atom. The lowest BCUT2D eigenvalue weighted by Gasteiger charge is -2.09. The Morgan fingerprint density at radius 2 is 1.92 bits per heavy atom. The van der Waals surface area contributed by atoms with Crippen LogP contribution in [0.3, 0.4) is 0 Å². The van der Waals surface area contributed by atoms with Gasteiger partial charge in [-0.1, -0.05) is 29.8 Å². The maximum Gasteiger partial charge on any atom is 0.133 e. The van der Waals surface area contributed by atoms with Gasteiger partial charge in [-0.05, 0) is 55.2 Å². The number of nitrogens with one attached hydrogen (secondary N) is 1. The molecule has 4 nitrogen and oxygen atoms in total. The van der Waals surface area contributed by atoms with Crippen molar-refractivity contribution in [1.29, 1.82) is 5.26 Å². The van der Waals surface area contributed by atoms with Gasteiger partial charge in [-0.15, -0.1) is 0 Å². The molecule has 26 heavy (non-hydrogen) atoms. The van der Waals surface area contributed by atoms with Gasteiger partial charge in [-0.2, -0.15) is 10.4 Å². The third-order valence-electron chi connectivity index (χ3n) is 4.77. The van der Waals surface area contributed by atoms with E-state index >= 15 is 0 Å². The van der Waals surface area contributed by atoms with E-state index in [9.17, 15) is 0 Å². The number of hydrogen-bond donors (Lipinski definition) is 1. The molecule has 1 aromatic heterocycles. The van der Waals surface area contributed by atoms with Crippen LogP contribution in [0.1, 0.15) is 35.2 Å². The fraction of sp³-hybridized carbons (Fsp3) is 0.238. The van der Waals surface area contributed by atoms with Crippen molar-refractivity contribution in [2.75, 3.05) is 11.9 Å². The van der Waals surface area contributed by atoms with E-state index in [0.717, 1.165) is 53.6 Å². The maximum atomic E-state index is 9.03. The molecule has 3 aromatic rings. The zero-order valence-electron chi connectivity index (χ0n) is 14.4. The fourth-order valence-corrected chi connectivity index (χ4v) is 3.60. The number of benzene rings is 2. The summed E-state index contributed by atoms with van der Waals surface area (Å²) >= 11 is 6.37. The highest BCUT2D eigenvalue weighted by molar-refractivity contribution is 6.31. The molecule has 130 valence electrons. The number of nitriles is 1. The second kappa shape index (κ2) is 7.23. The highest BCUT2D eigenvalue weighted by Gasteiger charge is 2.21. The van der Waals surface area contributed by atoms with E-state index in [1.807, 2.05) is 47.1 Å². The Balaban J connectivity index is 1.78. The van der Waals surface area contributed by atoms with Crippen LogP contribution in [0.2, 0.25) is 5.02 Å². The topological polar surface area (TPSA) is 53.6 Å². The molecule has 1 N–H and O–H groups in total. The van der Waals surface area contributed by atoms with Crippen LogP contribution in [0.15, 0.2) is 48.5 Å². The standard InChI is InChI=1S/C21H19ClN4/c22-19-7-2-1-5-16(19)13-20-18-6-3-4-12-24-21(18)26(25-20)17-10-8-15(14-23)9-11-17/h1-2,5,7-11,24H,3-4,6,12-13H2. The van der Waals surface area contributed by atoms with Gasteiger partial charge in [-0.3, -0.25) is 0 Å². The summed E-state index contributed by atoms with van der Waals surface area (Å²) in [5.74, 6) is 1.06. The Bertz CT molecular complexity index is 967. The minimum absolute atomic E-state index is 0.649. The normalized spacial score (nSPS) is 13.4. The van der Waals surface area contributed by atoms with Gasteiger partial charge in [-0.25, -0.2) is 4.68 Å². The summed E-state index contributed by atoms with van der Waals surface area (Å²) in [7, 11) is 0. The molecular formula is C21H19ClN4. The molecule has 0 saturated carbocycles. The van der Waals surface area contributed by atoms with Crippen LogP contribution in [0.25, 0.3) is 5.69 Å². The van der Waals surface area contributed by atoms with E-state index in [0.29, 0.717) is 12.0 Å². The lowest BCUT2D eigenvalue weighted by Crippen LogP contribution is -2.07. The Hall–Kier alpha value is -2.77. The minimum Gasteiger partial charge on any atom is -0.370 e. The van der Waals surface area contributed by atoms with Crippen molar-refractivity contribution in [3.63, 3.8) is 0 Å². The highest BCUT2D eigenvalue weighted by Crippen LogP contribution is 2.30. The molecule has 0 bridgehead atoms. The monoisotopic (exact) mass is 362 g/mol. The fourth-order valence-electron chi connectivity index (χ4n) is 3.40. The van der Waals surface area contributed by atoms with E-state index in [1.54, 1.807) is 0 Å². The van der Waals surface area contributed by atoms with E-state index in [2.05, 4.69) is 17.5 Å². The molecule has 0 saturated heterocycles. The number of hydrogen-bond acceptors (Lipinski definition) is 3. The van der Waals surface area contributed by atoms with Gasteiger partial charge in [0, 0.05) is 23.6 Å². The first-order valence-electron chi connectivity index (χ1n) is 8.85. The number of fused-ring (bicyclic) bond motifs is 1. The molecule has 1 aliphatic heterocycles. The largest absolute Gasteiger partial charge is 0.370 e. The van der Waals surface area contributed by atoms with E-state index < -0.39 is 0 Å². The van der Waals surface area contributed by atoms with Gasteiger partial charge in [0.05, 0.1) is 23.0 Å². The summed E-state index contributed by atoms with van der Waals surface area (Å²) in [5.41, 5.74) is 5.03. The zero-order chi connectivity index (χ0) is 17.9. The summed E-state index contributed by atoms with van der Waals surface area (Å²) in [4.78, 5) is 0. The summed E-state index contributed by atoms with van der Waals surface area (Å²) in [6.45, 7) is 0.945. The van der Waals surface area contributed by atoms with Gasteiger partial charge in [0.1, 0.15) is 5.82 Å². The van der Waals surface area contributed by atoms with Crippen molar-refractivity contribution in [1.82, 2.24) is 9.78 Å². The average Bonchev–Trinajstić information content (AvgIpc) is 2.84. The smallest absolute Gasteiger partial charge is 0.133 e. The van der Waals surface area contributed by atoms with Crippen LogP contribution in [0, 0.1) is 11.3 Å². The van der Waals surface area contributed by atoms with Crippen molar-refractivity contribution in [2.45, 2.75) is 25.7 Å². The highest BCUT2D eigenvalue weighted by atomic mass is 35.5. The molecular weight excluding hydrogens is 344 g/mol. The van der Waals surface area contributed by atoms with E-state index in [1.165, 1.54) is 5.56 Å². The second-order valence-electron chi connectivity index (χ2n) is 6.50. The molecule has 0 unspecified atom stereocenters. The van der Waals surface area contributed by atoms with Gasteiger partial charge in [0.2, 0.25) is 0 Å². The molecule has 4 rings (SSSR count). The third kappa shape index (κ3) is 3.18. The van der Waals surface area contributed by atoms with Crippen molar-refractivity contribution in [3.8, 4) is 11.8 Å². The Morgan fingerprint density at radius 3 is 2.69 bits per heavy atom. The third-order valence-corrected chi connectivity index (χ3v) is 5.14. The quantitative estimate of drug-likeness (QED) is 0.732. The molecule has 2 heterocycles. The van der Waals surface area contributed by atoms with Gasteiger partial charge < -0.3 is 5.32 Å². The van der Waals surface area contributed by atoms with E-state index in [-0.39, 0.29) is 0 Å². The summed E-state index contributed by atoms with van der Waals surface area (Å²) in [5, 5.41) is 18.3. The van der Waals surface area contributed by atoms with Crippen LogP contribution in [0.4, 0.5) is 5.82 Å². The van der Waals surface area contributed by atoms with Crippen LogP contribution < -0.4 is 5.32 Å². The molecule has 0 fully saturated rings. The zero-order valence-corrected chi connectivity index (χ0v) is 15.1. The molecule has 0 spiro atoms. The van der Waals surface area contributed by atoms with Crippen molar-refractivity contribution >= 4 is 17.4 Å².